The van der Waals surface area contributed by atoms with Crippen molar-refractivity contribution < 1.29 is 19.3 Å². The Bertz CT molecular complexity index is 252. The summed E-state index contributed by atoms with van der Waals surface area (Å²) in [4.78, 5) is 3.03. The van der Waals surface area contributed by atoms with E-state index in [1.54, 1.807) is 0 Å². The predicted octanol–water partition coefficient (Wildman–Crippen LogP) is -3.46. The fourth-order valence-electron chi connectivity index (χ4n) is 2.45. The topological polar surface area (TPSA) is 56.6 Å². The molecule has 18 heavy (non-hydrogen) atoms. The molecule has 1 aliphatic heterocycles. The number of hydrogen-bond acceptors (Lipinski definition) is 0. The van der Waals surface area contributed by atoms with Crippen molar-refractivity contribution in [2.75, 3.05) is 73.5 Å². The predicted molar refractivity (Wildman–Crippen MR) is 75.0 cm³/mol. The Morgan fingerprint density at radius 1 is 1.11 bits per heavy atom. The molecule has 1 aliphatic rings. The van der Waals surface area contributed by atoms with E-state index >= 15 is 0 Å². The van der Waals surface area contributed by atoms with E-state index in [4.69, 9.17) is 5.73 Å². The molecule has 0 saturated carbocycles. The van der Waals surface area contributed by atoms with Crippen LogP contribution in [0.2, 0.25) is 0 Å². The van der Waals surface area contributed by atoms with Gasteiger partial charge in [-0.05, 0) is 0 Å². The molecule has 0 bridgehead atoms. The minimum Gasteiger partial charge on any atom is -0.341 e. The number of hydrogen-bond donors (Lipinski definition) is 3. The molecule has 5 heteroatoms. The SMILES string of the molecule is C[N+]1(C)CC[N+](C)(CC[NH2+]CCC[NH+]=CN)CC1. The first-order valence-electron chi connectivity index (χ1n) is 7.21. The van der Waals surface area contributed by atoms with Gasteiger partial charge in [-0.15, -0.1) is 0 Å². The third kappa shape index (κ3) is 5.80. The fourth-order valence-corrected chi connectivity index (χ4v) is 2.45. The minimum atomic E-state index is 0.991. The van der Waals surface area contributed by atoms with Crippen molar-refractivity contribution in [1.29, 1.82) is 0 Å². The number of nitrogens with one attached hydrogen (secondary N) is 1. The lowest BCUT2D eigenvalue weighted by Crippen LogP contribution is -2.87. The van der Waals surface area contributed by atoms with Gasteiger partial charge in [0, 0.05) is 6.42 Å². The van der Waals surface area contributed by atoms with Gasteiger partial charge in [-0.1, -0.05) is 0 Å². The number of nitrogens with zero attached hydrogens (tertiary/aromatic N) is 2. The molecule has 0 atom stereocenters. The molecular weight excluding hydrogens is 226 g/mol. The quantitative estimate of drug-likeness (QED) is 0.189. The van der Waals surface area contributed by atoms with Crippen LogP contribution in [0.3, 0.4) is 0 Å². The maximum atomic E-state index is 5.26. The summed E-state index contributed by atoms with van der Waals surface area (Å²) in [6.07, 6.45) is 2.71. The van der Waals surface area contributed by atoms with Gasteiger partial charge in [-0.25, -0.2) is 0 Å². The van der Waals surface area contributed by atoms with Crippen molar-refractivity contribution in [3.63, 3.8) is 0 Å². The summed E-state index contributed by atoms with van der Waals surface area (Å²) in [5, 5.41) is 2.44. The second-order valence-corrected chi connectivity index (χ2v) is 6.51. The largest absolute Gasteiger partial charge is 0.341 e. The van der Waals surface area contributed by atoms with E-state index in [1.165, 1.54) is 67.5 Å². The third-order valence-electron chi connectivity index (χ3n) is 4.21. The van der Waals surface area contributed by atoms with Crippen LogP contribution in [0.4, 0.5) is 0 Å². The number of piperazine rings is 1. The molecule has 1 heterocycles. The number of nitrogens with two attached hydrogens (primary N) is 2. The number of likely N-dealkylation sites (N-methyl/N-ethyl adjacent to an activating group) is 2. The number of quaternary nitrogens is 3. The van der Waals surface area contributed by atoms with Gasteiger partial charge in [0.1, 0.15) is 39.3 Å². The summed E-state index contributed by atoms with van der Waals surface area (Å²) in [5.41, 5.74) is 5.26. The van der Waals surface area contributed by atoms with Gasteiger partial charge in [0.05, 0.1) is 34.2 Å². The van der Waals surface area contributed by atoms with E-state index in [0.29, 0.717) is 0 Å². The third-order valence-corrected chi connectivity index (χ3v) is 4.21. The normalized spacial score (nSPS) is 22.4. The van der Waals surface area contributed by atoms with Crippen molar-refractivity contribution in [2.45, 2.75) is 6.42 Å². The van der Waals surface area contributed by atoms with E-state index in [-0.39, 0.29) is 0 Å². The van der Waals surface area contributed by atoms with Gasteiger partial charge >= 0.3 is 0 Å². The van der Waals surface area contributed by atoms with E-state index in [9.17, 15) is 0 Å². The molecule has 0 aromatic rings. The lowest BCUT2D eigenvalue weighted by Gasteiger charge is -2.44. The first-order chi connectivity index (χ1) is 8.47. The highest BCUT2D eigenvalue weighted by Gasteiger charge is 2.34. The molecule has 0 amide bonds. The standard InChI is InChI=1S/C13H31N5/c1-17(2)9-11-18(3,12-10-17)8-7-15-5-4-6-16-13-14/h13,15H,4-12H2,1-3H3,(H2,14,16)/q+2/p+2. The summed E-state index contributed by atoms with van der Waals surface area (Å²) in [6.45, 7) is 10.0. The lowest BCUT2D eigenvalue weighted by atomic mass is 10.2. The molecule has 106 valence electrons. The van der Waals surface area contributed by atoms with E-state index in [2.05, 4.69) is 31.5 Å². The second kappa shape index (κ2) is 7.07. The van der Waals surface area contributed by atoms with Crippen LogP contribution in [-0.4, -0.2) is 88.8 Å². The van der Waals surface area contributed by atoms with Crippen LogP contribution in [-0.2, 0) is 0 Å². The molecule has 5 N–H and O–H groups in total. The van der Waals surface area contributed by atoms with E-state index in [1.807, 2.05) is 0 Å². The zero-order chi connectivity index (χ0) is 13.5. The van der Waals surface area contributed by atoms with Crippen LogP contribution < -0.4 is 16.0 Å². The summed E-state index contributed by atoms with van der Waals surface area (Å²) < 4.78 is 2.45. The molecule has 1 saturated heterocycles. The highest BCUT2D eigenvalue weighted by molar-refractivity contribution is 5.42. The molecule has 0 radical (unpaired) electrons. The van der Waals surface area contributed by atoms with Gasteiger partial charge in [0.15, 0.2) is 0 Å². The van der Waals surface area contributed by atoms with Gasteiger partial charge in [-0.3, -0.25) is 10.7 Å². The van der Waals surface area contributed by atoms with Crippen LogP contribution in [0.1, 0.15) is 6.42 Å². The molecule has 0 aromatic carbocycles. The van der Waals surface area contributed by atoms with Crippen LogP contribution in [0, 0.1) is 0 Å². The van der Waals surface area contributed by atoms with Gasteiger partial charge < -0.3 is 14.3 Å². The highest BCUT2D eigenvalue weighted by atomic mass is 15.4. The van der Waals surface area contributed by atoms with Gasteiger partial charge in [0.25, 0.3) is 0 Å². The molecule has 0 unspecified atom stereocenters. The second-order valence-electron chi connectivity index (χ2n) is 6.51. The Morgan fingerprint density at radius 2 is 1.78 bits per heavy atom. The van der Waals surface area contributed by atoms with Crippen LogP contribution in [0.5, 0.6) is 0 Å². The van der Waals surface area contributed by atoms with Gasteiger partial charge in [0.2, 0.25) is 6.34 Å². The summed E-state index contributed by atoms with van der Waals surface area (Å²) >= 11 is 0. The summed E-state index contributed by atoms with van der Waals surface area (Å²) in [7, 11) is 7.10. The molecular formula is C13H33N5+4. The van der Waals surface area contributed by atoms with Crippen molar-refractivity contribution in [3.05, 3.63) is 0 Å². The average Bonchev–Trinajstić information content (AvgIpc) is 2.33. The monoisotopic (exact) mass is 259 g/mol. The highest BCUT2D eigenvalue weighted by Crippen LogP contribution is 2.12. The minimum absolute atomic E-state index is 0.991. The Labute approximate surface area is 112 Å². The molecule has 1 rings (SSSR count). The van der Waals surface area contributed by atoms with Crippen molar-refractivity contribution in [2.24, 2.45) is 5.73 Å². The fraction of sp³-hybridized carbons (Fsp3) is 0.923. The Morgan fingerprint density at radius 3 is 2.39 bits per heavy atom. The lowest BCUT2D eigenvalue weighted by molar-refractivity contribution is -1.01. The first kappa shape index (κ1) is 15.4. The number of rotatable bonds is 7. The molecule has 0 aliphatic carbocycles. The molecule has 0 spiro atoms. The zero-order valence-corrected chi connectivity index (χ0v) is 12.5. The molecule has 5 nitrogen and oxygen atoms in total. The first-order valence-corrected chi connectivity index (χ1v) is 7.21. The Kier molecular flexibility index (Phi) is 6.05. The Balaban J connectivity index is 2.08. The maximum absolute atomic E-state index is 5.26. The maximum Gasteiger partial charge on any atom is 0.227 e. The van der Waals surface area contributed by atoms with Crippen LogP contribution >= 0.6 is 0 Å². The van der Waals surface area contributed by atoms with Crippen molar-refractivity contribution >= 4 is 6.34 Å². The summed E-state index contributed by atoms with van der Waals surface area (Å²) in [6, 6.07) is 0. The molecule has 1 fully saturated rings. The zero-order valence-electron chi connectivity index (χ0n) is 12.5. The van der Waals surface area contributed by atoms with E-state index in [0.717, 1.165) is 6.54 Å². The van der Waals surface area contributed by atoms with Crippen molar-refractivity contribution in [3.8, 4) is 0 Å². The smallest absolute Gasteiger partial charge is 0.227 e. The van der Waals surface area contributed by atoms with Gasteiger partial charge in [-0.2, -0.15) is 0 Å². The van der Waals surface area contributed by atoms with Crippen LogP contribution in [0.15, 0.2) is 0 Å². The van der Waals surface area contributed by atoms with Crippen LogP contribution in [0.25, 0.3) is 0 Å². The van der Waals surface area contributed by atoms with E-state index < -0.39 is 0 Å². The Hall–Kier alpha value is -0.650. The van der Waals surface area contributed by atoms with Crippen molar-refractivity contribution in [1.82, 2.24) is 0 Å². The average molecular weight is 259 g/mol. The summed E-state index contributed by atoms with van der Waals surface area (Å²) in [5.74, 6) is 0. The molecule has 0 aromatic heterocycles.